The molecular weight excluding hydrogens is 306 g/mol. The Morgan fingerprint density at radius 3 is 2.17 bits per heavy atom. The highest BCUT2D eigenvalue weighted by Gasteiger charge is 2.22. The van der Waals surface area contributed by atoms with Crippen LogP contribution in [0.15, 0.2) is 24.3 Å². The summed E-state index contributed by atoms with van der Waals surface area (Å²) in [6.07, 6.45) is 2.60. The highest BCUT2D eigenvalue weighted by Crippen LogP contribution is 2.15. The number of carbonyl (C=O) groups is 2. The first-order valence-electron chi connectivity index (χ1n) is 8.54. The minimum atomic E-state index is -0.290. The Morgan fingerprint density at radius 1 is 1.04 bits per heavy atom. The highest BCUT2D eigenvalue weighted by molar-refractivity contribution is 5.79. The van der Waals surface area contributed by atoms with E-state index in [1.807, 2.05) is 38.1 Å². The molecule has 0 saturated carbocycles. The first kappa shape index (κ1) is 20.0. The van der Waals surface area contributed by atoms with Crippen molar-refractivity contribution in [2.75, 3.05) is 27.3 Å². The van der Waals surface area contributed by atoms with Crippen molar-refractivity contribution in [3.05, 3.63) is 29.8 Å². The van der Waals surface area contributed by atoms with Crippen LogP contribution in [0.5, 0.6) is 5.75 Å². The van der Waals surface area contributed by atoms with E-state index < -0.39 is 0 Å². The zero-order valence-electron chi connectivity index (χ0n) is 15.2. The van der Waals surface area contributed by atoms with Gasteiger partial charge in [-0.3, -0.25) is 9.59 Å². The fourth-order valence-corrected chi connectivity index (χ4v) is 2.61. The Kier molecular flexibility index (Phi) is 8.90. The molecule has 0 radical (unpaired) electrons. The van der Waals surface area contributed by atoms with Gasteiger partial charge in [-0.1, -0.05) is 26.0 Å². The largest absolute Gasteiger partial charge is 0.497 e. The zero-order valence-corrected chi connectivity index (χ0v) is 15.2. The quantitative estimate of drug-likeness (QED) is 0.617. The summed E-state index contributed by atoms with van der Waals surface area (Å²) in [6, 6.07) is 7.82. The number of hydrogen-bond donors (Lipinski definition) is 0. The maximum absolute atomic E-state index is 12.7. The molecule has 0 aliphatic carbocycles. The van der Waals surface area contributed by atoms with E-state index in [0.29, 0.717) is 13.1 Å². The molecule has 134 valence electrons. The SMILES string of the molecule is CCC(CC)C(=O)N(CCC(=O)OC)CCc1ccc(OC)cc1. The summed E-state index contributed by atoms with van der Waals surface area (Å²) in [6.45, 7) is 5.04. The number of carbonyl (C=O) groups excluding carboxylic acids is 2. The van der Waals surface area contributed by atoms with Gasteiger partial charge in [0.05, 0.1) is 20.6 Å². The van der Waals surface area contributed by atoms with Gasteiger partial charge in [0.2, 0.25) is 5.91 Å². The van der Waals surface area contributed by atoms with Crippen molar-refractivity contribution in [1.29, 1.82) is 0 Å². The van der Waals surface area contributed by atoms with Crippen LogP contribution in [0.2, 0.25) is 0 Å². The number of amides is 1. The lowest BCUT2D eigenvalue weighted by molar-refractivity contribution is -0.142. The molecule has 0 fully saturated rings. The van der Waals surface area contributed by atoms with Crippen LogP contribution in [0, 0.1) is 5.92 Å². The number of benzene rings is 1. The van der Waals surface area contributed by atoms with E-state index in [0.717, 1.165) is 30.6 Å². The van der Waals surface area contributed by atoms with Crippen LogP contribution in [-0.2, 0) is 20.7 Å². The van der Waals surface area contributed by atoms with Gasteiger partial charge in [-0.25, -0.2) is 0 Å². The predicted octanol–water partition coefficient (Wildman–Crippen LogP) is 3.07. The Labute approximate surface area is 144 Å². The van der Waals surface area contributed by atoms with Crippen molar-refractivity contribution in [3.8, 4) is 5.75 Å². The number of esters is 1. The average Bonchev–Trinajstić information content (AvgIpc) is 2.62. The maximum Gasteiger partial charge on any atom is 0.307 e. The molecule has 1 rings (SSSR count). The molecule has 5 nitrogen and oxygen atoms in total. The first-order valence-corrected chi connectivity index (χ1v) is 8.54. The second-order valence-electron chi connectivity index (χ2n) is 5.76. The number of rotatable bonds is 10. The predicted molar refractivity (Wildman–Crippen MR) is 94.0 cm³/mol. The van der Waals surface area contributed by atoms with E-state index in [-0.39, 0.29) is 24.2 Å². The molecule has 0 saturated heterocycles. The molecular formula is C19H29NO4. The van der Waals surface area contributed by atoms with Gasteiger partial charge in [-0.15, -0.1) is 0 Å². The van der Waals surface area contributed by atoms with Crippen LogP contribution >= 0.6 is 0 Å². The summed E-state index contributed by atoms with van der Waals surface area (Å²) in [5.41, 5.74) is 1.14. The minimum absolute atomic E-state index is 0.0125. The third-order valence-corrected chi connectivity index (χ3v) is 4.29. The van der Waals surface area contributed by atoms with Crippen molar-refractivity contribution < 1.29 is 19.1 Å². The molecule has 0 bridgehead atoms. The molecule has 0 spiro atoms. The van der Waals surface area contributed by atoms with Crippen molar-refractivity contribution in [3.63, 3.8) is 0 Å². The Balaban J connectivity index is 2.71. The van der Waals surface area contributed by atoms with Crippen molar-refractivity contribution >= 4 is 11.9 Å². The Hall–Kier alpha value is -2.04. The van der Waals surface area contributed by atoms with E-state index in [1.165, 1.54) is 7.11 Å². The van der Waals surface area contributed by atoms with E-state index in [4.69, 9.17) is 9.47 Å². The van der Waals surface area contributed by atoms with E-state index in [2.05, 4.69) is 0 Å². The van der Waals surface area contributed by atoms with Gasteiger partial charge in [-0.05, 0) is 37.0 Å². The molecule has 1 aromatic carbocycles. The standard InChI is InChI=1S/C19H29NO4/c1-5-16(6-2)19(22)20(14-12-18(21)24-4)13-11-15-7-9-17(23-3)10-8-15/h7-10,16H,5-6,11-14H2,1-4H3. The van der Waals surface area contributed by atoms with Crippen LogP contribution in [0.1, 0.15) is 38.7 Å². The first-order chi connectivity index (χ1) is 11.5. The van der Waals surface area contributed by atoms with Gasteiger partial charge in [-0.2, -0.15) is 0 Å². The summed E-state index contributed by atoms with van der Waals surface area (Å²) < 4.78 is 9.85. The molecule has 0 atom stereocenters. The summed E-state index contributed by atoms with van der Waals surface area (Å²) >= 11 is 0. The Morgan fingerprint density at radius 2 is 1.67 bits per heavy atom. The monoisotopic (exact) mass is 335 g/mol. The average molecular weight is 335 g/mol. The second kappa shape index (κ2) is 10.7. The fraction of sp³-hybridized carbons (Fsp3) is 0.579. The molecule has 0 heterocycles. The van der Waals surface area contributed by atoms with Crippen molar-refractivity contribution in [1.82, 2.24) is 4.90 Å². The molecule has 0 unspecified atom stereocenters. The van der Waals surface area contributed by atoms with E-state index >= 15 is 0 Å². The van der Waals surface area contributed by atoms with Gasteiger partial charge >= 0.3 is 5.97 Å². The Bertz CT molecular complexity index is 509. The number of methoxy groups -OCH3 is 2. The smallest absolute Gasteiger partial charge is 0.307 e. The molecule has 0 aliphatic rings. The lowest BCUT2D eigenvalue weighted by Gasteiger charge is -2.26. The summed E-state index contributed by atoms with van der Waals surface area (Å²) in [7, 11) is 3.00. The fourth-order valence-electron chi connectivity index (χ4n) is 2.61. The minimum Gasteiger partial charge on any atom is -0.497 e. The molecule has 0 aromatic heterocycles. The maximum atomic E-state index is 12.7. The van der Waals surface area contributed by atoms with Gasteiger partial charge in [0.1, 0.15) is 5.75 Å². The molecule has 0 N–H and O–H groups in total. The van der Waals surface area contributed by atoms with E-state index in [1.54, 1.807) is 12.0 Å². The van der Waals surface area contributed by atoms with Crippen molar-refractivity contribution in [2.45, 2.75) is 39.5 Å². The second-order valence-corrected chi connectivity index (χ2v) is 5.76. The van der Waals surface area contributed by atoms with E-state index in [9.17, 15) is 9.59 Å². The van der Waals surface area contributed by atoms with Gasteiger partial charge < -0.3 is 14.4 Å². The van der Waals surface area contributed by atoms with Gasteiger partial charge in [0.15, 0.2) is 0 Å². The van der Waals surface area contributed by atoms with Crippen LogP contribution in [0.3, 0.4) is 0 Å². The molecule has 5 heteroatoms. The third kappa shape index (κ3) is 6.22. The molecule has 1 amide bonds. The highest BCUT2D eigenvalue weighted by atomic mass is 16.5. The van der Waals surface area contributed by atoms with Crippen LogP contribution in [-0.4, -0.2) is 44.1 Å². The van der Waals surface area contributed by atoms with Crippen molar-refractivity contribution in [2.24, 2.45) is 5.92 Å². The lowest BCUT2D eigenvalue weighted by atomic mass is 10.0. The van der Waals surface area contributed by atoms with Gasteiger partial charge in [0, 0.05) is 19.0 Å². The normalized spacial score (nSPS) is 10.5. The number of nitrogens with zero attached hydrogens (tertiary/aromatic N) is 1. The summed E-state index contributed by atoms with van der Waals surface area (Å²) in [5, 5.41) is 0. The molecule has 0 aliphatic heterocycles. The zero-order chi connectivity index (χ0) is 17.9. The van der Waals surface area contributed by atoms with Crippen LogP contribution in [0.4, 0.5) is 0 Å². The third-order valence-electron chi connectivity index (χ3n) is 4.29. The van der Waals surface area contributed by atoms with Crippen LogP contribution in [0.25, 0.3) is 0 Å². The lowest BCUT2D eigenvalue weighted by Crippen LogP contribution is -2.38. The van der Waals surface area contributed by atoms with Crippen LogP contribution < -0.4 is 4.74 Å². The summed E-state index contributed by atoms with van der Waals surface area (Å²) in [5.74, 6) is 0.659. The topological polar surface area (TPSA) is 55.8 Å². The number of ether oxygens (including phenoxy) is 2. The molecule has 1 aromatic rings. The summed E-state index contributed by atoms with van der Waals surface area (Å²) in [4.78, 5) is 25.9. The van der Waals surface area contributed by atoms with Gasteiger partial charge in [0.25, 0.3) is 0 Å². The number of hydrogen-bond acceptors (Lipinski definition) is 4. The molecule has 24 heavy (non-hydrogen) atoms.